The van der Waals surface area contributed by atoms with Crippen LogP contribution in [0.25, 0.3) is 11.1 Å². The molecule has 2 aromatic carbocycles. The summed E-state index contributed by atoms with van der Waals surface area (Å²) in [5, 5.41) is 3.27. The molecular formula is C28H36Si2Zr. The molecular weight excluding hydrogens is 484 g/mol. The molecule has 0 atom stereocenters. The number of fused-ring (bicyclic) bond motifs is 3. The molecule has 0 spiro atoms. The molecule has 5 rings (SSSR count). The normalized spacial score (nSPS) is 18.0. The van der Waals surface area contributed by atoms with E-state index in [1.807, 2.05) is 6.49 Å². The van der Waals surface area contributed by atoms with Crippen LogP contribution in [0.4, 0.5) is 0 Å². The van der Waals surface area contributed by atoms with Crippen molar-refractivity contribution in [2.75, 3.05) is 0 Å². The fourth-order valence-electron chi connectivity index (χ4n) is 5.39. The van der Waals surface area contributed by atoms with Gasteiger partial charge in [0.15, 0.2) is 0 Å². The van der Waals surface area contributed by atoms with Gasteiger partial charge in [0.05, 0.1) is 0 Å². The van der Waals surface area contributed by atoms with Gasteiger partial charge in [0, 0.05) is 0 Å². The molecule has 3 aliphatic carbocycles. The Hall–Kier alpha value is -0.893. The minimum absolute atomic E-state index is 0.696. The topological polar surface area (TPSA) is 0 Å². The molecule has 0 bridgehead atoms. The molecule has 0 aromatic heterocycles. The average molecular weight is 520 g/mol. The molecule has 3 heteroatoms. The van der Waals surface area contributed by atoms with Crippen LogP contribution in [-0.4, -0.2) is 19.4 Å². The van der Waals surface area contributed by atoms with Crippen molar-refractivity contribution in [3.63, 3.8) is 0 Å². The van der Waals surface area contributed by atoms with E-state index in [0.29, 0.717) is 3.63 Å². The van der Waals surface area contributed by atoms with E-state index < -0.39 is 37.4 Å². The zero-order chi connectivity index (χ0) is 22.0. The van der Waals surface area contributed by atoms with E-state index in [-0.39, 0.29) is 0 Å². The summed E-state index contributed by atoms with van der Waals surface area (Å²) in [6.45, 7) is 15.0. The third kappa shape index (κ3) is 3.89. The Bertz CT molecular complexity index is 1080. The summed E-state index contributed by atoms with van der Waals surface area (Å²) in [5.41, 5.74) is 6.50. The summed E-state index contributed by atoms with van der Waals surface area (Å²) in [7, 11) is -2.69. The summed E-state index contributed by atoms with van der Waals surface area (Å²) in [4.78, 5) is 0. The zero-order valence-corrected chi connectivity index (χ0v) is 24.6. The van der Waals surface area contributed by atoms with Crippen LogP contribution >= 0.6 is 0 Å². The van der Waals surface area contributed by atoms with Crippen LogP contribution in [0.15, 0.2) is 57.9 Å². The summed E-state index contributed by atoms with van der Waals surface area (Å²) < 4.78 is 4.54. The maximum absolute atomic E-state index is 2.67. The van der Waals surface area contributed by atoms with Gasteiger partial charge < -0.3 is 0 Å². The molecule has 31 heavy (non-hydrogen) atoms. The van der Waals surface area contributed by atoms with E-state index in [4.69, 9.17) is 0 Å². The van der Waals surface area contributed by atoms with Crippen LogP contribution in [0.5, 0.6) is 0 Å². The Morgan fingerprint density at radius 2 is 1.32 bits per heavy atom. The van der Waals surface area contributed by atoms with Crippen LogP contribution in [0.3, 0.4) is 0 Å². The van der Waals surface area contributed by atoms with Gasteiger partial charge in [-0.3, -0.25) is 0 Å². The van der Waals surface area contributed by atoms with Crippen molar-refractivity contribution >= 4 is 29.7 Å². The Morgan fingerprint density at radius 1 is 0.774 bits per heavy atom. The molecule has 0 nitrogen and oxygen atoms in total. The fraction of sp³-hybridized carbons (Fsp3) is 0.393. The molecule has 0 heterocycles. The Kier molecular flexibility index (Phi) is 5.56. The molecule has 0 radical (unpaired) electrons. The Labute approximate surface area is 198 Å². The van der Waals surface area contributed by atoms with Crippen molar-refractivity contribution in [3.05, 3.63) is 69.0 Å². The van der Waals surface area contributed by atoms with Crippen LogP contribution < -0.4 is 10.4 Å². The SMILES string of the molecule is C[Si](C)(C)c1ccc2c(c1)[CH]([Zr]([C]1=CC=CC1)=[C]1CCC1)c1cc([Si](C)(C)C)ccc1-2. The second kappa shape index (κ2) is 7.85. The summed E-state index contributed by atoms with van der Waals surface area (Å²) in [6, 6.07) is 15.2. The van der Waals surface area contributed by atoms with Gasteiger partial charge in [-0.15, -0.1) is 0 Å². The monoisotopic (exact) mass is 518 g/mol. The van der Waals surface area contributed by atoms with Crippen LogP contribution in [0.2, 0.25) is 39.3 Å². The van der Waals surface area contributed by atoms with Gasteiger partial charge in [-0.25, -0.2) is 0 Å². The predicted molar refractivity (Wildman–Crippen MR) is 140 cm³/mol. The van der Waals surface area contributed by atoms with Gasteiger partial charge in [0.25, 0.3) is 0 Å². The third-order valence-electron chi connectivity index (χ3n) is 7.49. The van der Waals surface area contributed by atoms with E-state index in [1.165, 1.54) is 25.7 Å². The molecule has 0 unspecified atom stereocenters. The molecule has 1 fully saturated rings. The second-order valence-corrected chi connectivity index (χ2v) is 28.7. The molecule has 2 aromatic rings. The van der Waals surface area contributed by atoms with Crippen LogP contribution in [0, 0.1) is 0 Å². The second-order valence-electron chi connectivity index (χ2n) is 11.7. The van der Waals surface area contributed by atoms with Gasteiger partial charge >= 0.3 is 200 Å². The van der Waals surface area contributed by atoms with Gasteiger partial charge in [-0.1, -0.05) is 0 Å². The first-order valence-electron chi connectivity index (χ1n) is 12.0. The van der Waals surface area contributed by atoms with Gasteiger partial charge in [0.2, 0.25) is 0 Å². The van der Waals surface area contributed by atoms with Gasteiger partial charge in [0.1, 0.15) is 0 Å². The first kappa shape index (κ1) is 21.9. The molecule has 1 saturated carbocycles. The number of hydrogen-bond acceptors (Lipinski definition) is 0. The van der Waals surface area contributed by atoms with Crippen molar-refractivity contribution in [1.29, 1.82) is 0 Å². The average Bonchev–Trinajstić information content (AvgIpc) is 3.29. The van der Waals surface area contributed by atoms with E-state index in [2.05, 4.69) is 93.9 Å². The minimum atomic E-state index is -1.97. The van der Waals surface area contributed by atoms with Gasteiger partial charge in [-0.2, -0.15) is 0 Å². The molecule has 0 saturated heterocycles. The van der Waals surface area contributed by atoms with E-state index >= 15 is 0 Å². The Balaban J connectivity index is 1.77. The molecule has 0 aliphatic heterocycles. The summed E-state index contributed by atoms with van der Waals surface area (Å²) >= 11 is -1.97. The summed E-state index contributed by atoms with van der Waals surface area (Å²) in [6.07, 6.45) is 12.7. The number of hydrogen-bond donors (Lipinski definition) is 0. The third-order valence-corrected chi connectivity index (χ3v) is 20.2. The number of allylic oxidation sites excluding steroid dienone is 4. The van der Waals surface area contributed by atoms with Crippen molar-refractivity contribution in [2.24, 2.45) is 0 Å². The molecule has 160 valence electrons. The van der Waals surface area contributed by atoms with Crippen molar-refractivity contribution in [1.82, 2.24) is 0 Å². The van der Waals surface area contributed by atoms with E-state index in [1.54, 1.807) is 32.6 Å². The molecule has 0 N–H and O–H groups in total. The zero-order valence-electron chi connectivity index (χ0n) is 20.1. The number of benzene rings is 2. The maximum atomic E-state index is 2.67. The summed E-state index contributed by atoms with van der Waals surface area (Å²) in [5.74, 6) is 0. The molecule has 3 aliphatic rings. The van der Waals surface area contributed by atoms with E-state index in [0.717, 1.165) is 0 Å². The first-order chi connectivity index (χ1) is 14.6. The van der Waals surface area contributed by atoms with E-state index in [9.17, 15) is 0 Å². The first-order valence-corrected chi connectivity index (χ1v) is 22.9. The van der Waals surface area contributed by atoms with Crippen LogP contribution in [-0.2, 0) is 21.3 Å². The van der Waals surface area contributed by atoms with Crippen molar-refractivity contribution in [2.45, 2.75) is 68.6 Å². The Morgan fingerprint density at radius 3 is 1.71 bits per heavy atom. The van der Waals surface area contributed by atoms with Crippen molar-refractivity contribution in [3.8, 4) is 11.1 Å². The molecule has 0 amide bonds. The van der Waals surface area contributed by atoms with Crippen molar-refractivity contribution < 1.29 is 21.3 Å². The van der Waals surface area contributed by atoms with Crippen LogP contribution in [0.1, 0.15) is 40.4 Å². The predicted octanol–water partition coefficient (Wildman–Crippen LogP) is 6.67. The van der Waals surface area contributed by atoms with Gasteiger partial charge in [-0.05, 0) is 0 Å². The number of rotatable bonds is 4. The fourth-order valence-corrected chi connectivity index (χ4v) is 17.2. The standard InChI is InChI=1S/C19H25Si2.C5H5.C4H6.Zr/c1-20(2,3)16-7-9-18-14(12-16)11-15-13-17(21(4,5)6)8-10-19(15)18;1-2-4-5-3-1;1-2-4-3-1;/h7-13H,1-6H3;1-3H,4H2;1-3H2;. The quantitative estimate of drug-likeness (QED) is 0.396.